The normalized spacial score (nSPS) is 12.9. The number of nitrogens with zero attached hydrogens (tertiary/aromatic N) is 1. The van der Waals surface area contributed by atoms with Crippen LogP contribution in [0.5, 0.6) is 5.75 Å². The zero-order valence-electron chi connectivity index (χ0n) is 14.5. The van der Waals surface area contributed by atoms with Crippen LogP contribution in [0, 0.1) is 6.92 Å². The molecule has 0 fully saturated rings. The predicted octanol–water partition coefficient (Wildman–Crippen LogP) is 1.49. The molecule has 27 heavy (non-hydrogen) atoms. The molecule has 0 radical (unpaired) electrons. The second kappa shape index (κ2) is 6.56. The molecule has 0 saturated carbocycles. The van der Waals surface area contributed by atoms with Crippen LogP contribution in [0.4, 0.5) is 5.69 Å². The lowest BCUT2D eigenvalue weighted by atomic mass is 10.1. The molecule has 3 N–H and O–H groups in total. The zero-order chi connectivity index (χ0) is 19.0. The van der Waals surface area contributed by atoms with E-state index in [1.165, 1.54) is 0 Å². The Morgan fingerprint density at radius 3 is 2.93 bits per heavy atom. The van der Waals surface area contributed by atoms with E-state index in [0.29, 0.717) is 22.3 Å². The lowest BCUT2D eigenvalue weighted by Gasteiger charge is -2.21. The minimum Gasteiger partial charge on any atom is -0.481 e. The van der Waals surface area contributed by atoms with E-state index >= 15 is 0 Å². The Morgan fingerprint density at radius 1 is 1.26 bits per heavy atom. The molecule has 2 amide bonds. The van der Waals surface area contributed by atoms with Crippen molar-refractivity contribution in [3.05, 3.63) is 63.7 Å². The predicted molar refractivity (Wildman–Crippen MR) is 98.8 cm³/mol. The highest BCUT2D eigenvalue weighted by molar-refractivity contribution is 5.96. The number of para-hydroxylation sites is 1. The minimum absolute atomic E-state index is 0.00901. The van der Waals surface area contributed by atoms with Crippen molar-refractivity contribution in [1.82, 2.24) is 15.3 Å². The van der Waals surface area contributed by atoms with Crippen LogP contribution in [0.3, 0.4) is 0 Å². The van der Waals surface area contributed by atoms with Crippen LogP contribution in [0.1, 0.15) is 21.7 Å². The molecule has 0 spiro atoms. The summed E-state index contributed by atoms with van der Waals surface area (Å²) in [6.45, 7) is 2.06. The zero-order valence-corrected chi connectivity index (χ0v) is 14.5. The van der Waals surface area contributed by atoms with Crippen molar-refractivity contribution in [3.63, 3.8) is 0 Å². The number of H-pyrrole nitrogens is 1. The highest BCUT2D eigenvalue weighted by Crippen LogP contribution is 2.32. The second-order valence-electron chi connectivity index (χ2n) is 6.24. The van der Waals surface area contributed by atoms with Crippen molar-refractivity contribution < 1.29 is 14.3 Å². The maximum atomic E-state index is 12.4. The summed E-state index contributed by atoms with van der Waals surface area (Å²) in [6, 6.07) is 10.4. The van der Waals surface area contributed by atoms with Gasteiger partial charge in [0.05, 0.1) is 16.6 Å². The van der Waals surface area contributed by atoms with Gasteiger partial charge in [0, 0.05) is 6.54 Å². The molecule has 0 saturated heterocycles. The van der Waals surface area contributed by atoms with E-state index in [1.807, 2.05) is 13.0 Å². The van der Waals surface area contributed by atoms with Gasteiger partial charge in [-0.2, -0.15) is 0 Å². The van der Waals surface area contributed by atoms with Gasteiger partial charge in [-0.3, -0.25) is 14.4 Å². The molecule has 3 aromatic rings. The SMILES string of the molecule is Cc1cc(CNC(=O)c2nc3ccccc3c(=O)[nH]2)cc2c1OCC(=O)N2. The van der Waals surface area contributed by atoms with Crippen LogP contribution >= 0.6 is 0 Å². The van der Waals surface area contributed by atoms with Gasteiger partial charge >= 0.3 is 0 Å². The van der Waals surface area contributed by atoms with E-state index in [9.17, 15) is 14.4 Å². The van der Waals surface area contributed by atoms with Gasteiger partial charge in [-0.15, -0.1) is 0 Å². The average molecular weight is 364 g/mol. The Bertz CT molecular complexity index is 1140. The number of aromatic amines is 1. The Morgan fingerprint density at radius 2 is 2.07 bits per heavy atom. The third-order valence-electron chi connectivity index (χ3n) is 4.24. The topological polar surface area (TPSA) is 113 Å². The fourth-order valence-electron chi connectivity index (χ4n) is 3.02. The van der Waals surface area contributed by atoms with Crippen LogP contribution in [0.25, 0.3) is 10.9 Å². The van der Waals surface area contributed by atoms with Crippen molar-refractivity contribution in [2.45, 2.75) is 13.5 Å². The Hall–Kier alpha value is -3.68. The molecule has 4 rings (SSSR count). The minimum atomic E-state index is -0.492. The standard InChI is InChI=1S/C19H16N4O4/c1-10-6-11(7-14-16(10)27-9-15(24)21-14)8-20-19(26)17-22-13-5-3-2-4-12(13)18(25)23-17/h2-7H,8-9H2,1H3,(H,20,26)(H,21,24)(H,22,23,25). The molecule has 0 atom stereocenters. The number of rotatable bonds is 3. The summed E-state index contributed by atoms with van der Waals surface area (Å²) in [6.07, 6.45) is 0. The van der Waals surface area contributed by atoms with Crippen molar-refractivity contribution in [2.24, 2.45) is 0 Å². The molecular formula is C19H16N4O4. The molecule has 0 unspecified atom stereocenters. The largest absolute Gasteiger partial charge is 0.481 e. The number of amides is 2. The fraction of sp³-hybridized carbons (Fsp3) is 0.158. The number of ether oxygens (including phenoxy) is 1. The second-order valence-corrected chi connectivity index (χ2v) is 6.24. The van der Waals surface area contributed by atoms with Gasteiger partial charge in [-0.1, -0.05) is 18.2 Å². The molecule has 0 aliphatic carbocycles. The smallest absolute Gasteiger partial charge is 0.287 e. The summed E-state index contributed by atoms with van der Waals surface area (Å²) in [5.41, 5.74) is 2.31. The number of carbonyl (C=O) groups excluding carboxylic acids is 2. The van der Waals surface area contributed by atoms with E-state index in [0.717, 1.165) is 11.1 Å². The van der Waals surface area contributed by atoms with E-state index in [4.69, 9.17) is 4.74 Å². The lowest BCUT2D eigenvalue weighted by molar-refractivity contribution is -0.118. The first-order valence-corrected chi connectivity index (χ1v) is 8.35. The van der Waals surface area contributed by atoms with Crippen molar-refractivity contribution in [1.29, 1.82) is 0 Å². The summed E-state index contributed by atoms with van der Waals surface area (Å²) >= 11 is 0. The maximum Gasteiger partial charge on any atom is 0.287 e. The maximum absolute atomic E-state index is 12.4. The van der Waals surface area contributed by atoms with Crippen molar-refractivity contribution >= 4 is 28.4 Å². The summed E-state index contributed by atoms with van der Waals surface area (Å²) in [5, 5.41) is 5.90. The van der Waals surface area contributed by atoms with Gasteiger partial charge < -0.3 is 20.4 Å². The molecule has 1 aliphatic rings. The van der Waals surface area contributed by atoms with E-state index in [2.05, 4.69) is 20.6 Å². The van der Waals surface area contributed by atoms with Crippen molar-refractivity contribution in [2.75, 3.05) is 11.9 Å². The van der Waals surface area contributed by atoms with Gasteiger partial charge in [0.1, 0.15) is 5.75 Å². The Labute approximate surface area is 153 Å². The number of aryl methyl sites for hydroxylation is 1. The third-order valence-corrected chi connectivity index (χ3v) is 4.24. The van der Waals surface area contributed by atoms with Gasteiger partial charge in [-0.25, -0.2) is 4.98 Å². The first-order valence-electron chi connectivity index (χ1n) is 8.35. The number of benzene rings is 2. The number of anilines is 1. The number of nitrogens with one attached hydrogen (secondary N) is 3. The quantitative estimate of drug-likeness (QED) is 0.652. The first-order chi connectivity index (χ1) is 13.0. The number of fused-ring (bicyclic) bond motifs is 2. The molecule has 136 valence electrons. The molecule has 2 heterocycles. The highest BCUT2D eigenvalue weighted by atomic mass is 16.5. The monoisotopic (exact) mass is 364 g/mol. The third kappa shape index (κ3) is 3.24. The summed E-state index contributed by atoms with van der Waals surface area (Å²) in [5.74, 6) is -0.134. The number of aromatic nitrogens is 2. The fourth-order valence-corrected chi connectivity index (χ4v) is 3.02. The summed E-state index contributed by atoms with van der Waals surface area (Å²) in [4.78, 5) is 42.7. The number of carbonyl (C=O) groups is 2. The summed E-state index contributed by atoms with van der Waals surface area (Å²) in [7, 11) is 0. The molecule has 0 bridgehead atoms. The Kier molecular flexibility index (Phi) is 4.08. The van der Waals surface area contributed by atoms with Gasteiger partial charge in [0.25, 0.3) is 17.4 Å². The molecule has 8 heteroatoms. The Balaban J connectivity index is 1.55. The molecule has 1 aliphatic heterocycles. The van der Waals surface area contributed by atoms with Crippen LogP contribution in [0.15, 0.2) is 41.2 Å². The summed E-state index contributed by atoms with van der Waals surface area (Å²) < 4.78 is 5.42. The number of hydrogen-bond donors (Lipinski definition) is 3. The van der Waals surface area contributed by atoms with Crippen LogP contribution in [0.2, 0.25) is 0 Å². The van der Waals surface area contributed by atoms with E-state index < -0.39 is 5.91 Å². The average Bonchev–Trinajstić information content (AvgIpc) is 2.65. The molecule has 2 aromatic carbocycles. The lowest BCUT2D eigenvalue weighted by Crippen LogP contribution is -2.28. The van der Waals surface area contributed by atoms with Gasteiger partial charge in [0.15, 0.2) is 12.4 Å². The highest BCUT2D eigenvalue weighted by Gasteiger charge is 2.19. The van der Waals surface area contributed by atoms with E-state index in [1.54, 1.807) is 30.3 Å². The molecule has 1 aromatic heterocycles. The van der Waals surface area contributed by atoms with Crippen LogP contribution < -0.4 is 20.9 Å². The number of hydrogen-bond acceptors (Lipinski definition) is 5. The first kappa shape index (κ1) is 16.8. The molecular weight excluding hydrogens is 348 g/mol. The van der Waals surface area contributed by atoms with Crippen molar-refractivity contribution in [3.8, 4) is 5.75 Å². The van der Waals surface area contributed by atoms with Crippen LogP contribution in [-0.2, 0) is 11.3 Å². The van der Waals surface area contributed by atoms with E-state index in [-0.39, 0.29) is 30.4 Å². The molecule has 8 nitrogen and oxygen atoms in total. The van der Waals surface area contributed by atoms with Gasteiger partial charge in [-0.05, 0) is 36.2 Å². The van der Waals surface area contributed by atoms with Gasteiger partial charge in [0.2, 0.25) is 0 Å². The van der Waals surface area contributed by atoms with Crippen LogP contribution in [-0.4, -0.2) is 28.4 Å².